The van der Waals surface area contributed by atoms with Gasteiger partial charge in [0.25, 0.3) is 0 Å². The summed E-state index contributed by atoms with van der Waals surface area (Å²) in [5.41, 5.74) is 20.9. The molecule has 0 aliphatic rings. The van der Waals surface area contributed by atoms with Gasteiger partial charge in [-0.05, 0) is 147 Å². The van der Waals surface area contributed by atoms with Gasteiger partial charge in [0.05, 0.1) is 84.9 Å². The topological polar surface area (TPSA) is 76.5 Å². The van der Waals surface area contributed by atoms with E-state index in [1.807, 2.05) is 197 Å². The predicted molar refractivity (Wildman–Crippen MR) is 410 cm³/mol. The lowest BCUT2D eigenvalue weighted by Crippen LogP contribution is -2.21. The zero-order chi connectivity index (χ0) is 67.1. The highest BCUT2D eigenvalue weighted by Gasteiger charge is 2.36. The van der Waals surface area contributed by atoms with Gasteiger partial charge >= 0.3 is 0 Å². The molecule has 0 N–H and O–H groups in total. The van der Waals surface area contributed by atoms with Gasteiger partial charge in [-0.25, -0.2) is 4.85 Å². The fourth-order valence-corrected chi connectivity index (χ4v) is 15.0. The third-order valence-electron chi connectivity index (χ3n) is 19.0. The number of para-hydroxylation sites is 12. The Kier molecular flexibility index (Phi) is 15.6. The van der Waals surface area contributed by atoms with E-state index < -0.39 is 0 Å². The van der Waals surface area contributed by atoms with Crippen LogP contribution in [-0.2, 0) is 0 Å². The molecule has 0 amide bonds. The van der Waals surface area contributed by atoms with Gasteiger partial charge in [0.2, 0.25) is 5.69 Å². The lowest BCUT2D eigenvalue weighted by atomic mass is 9.96. The molecule has 14 aromatic carbocycles. The molecule has 17 aromatic rings. The molecule has 99 heavy (non-hydrogen) atoms. The molecule has 0 saturated carbocycles. The van der Waals surface area contributed by atoms with E-state index in [-0.39, 0.29) is 16.8 Å². The Morgan fingerprint density at radius 3 is 0.636 bits per heavy atom. The standard InChI is InChI=1S/C45H30N6.C45H33N3/c1-48-42-44(50(36-24-12-4-13-25-36)37-26-14-5-15-27-37)40(32-46)43(49(34-20-8-2-9-21-34)35-22-10-3-11-23-35)41(33-47)45(42)51(38-28-16-6-17-29-38)39-30-18-7-19-31-39;1-28-43(46-37-22-10-4-16-31(37)32-17-5-11-23-38(32)46)29(2)45(48-41-26-14-8-20-35(41)36-21-9-15-27-42(36)48)30(3)44(28)47-39-24-12-6-18-33(39)34-19-7-13-25-40(34)47/h2-31H;4-27H,1-3H3. The average molecular weight is 1270 g/mol. The van der Waals surface area contributed by atoms with E-state index in [0.29, 0.717) is 17.1 Å². The van der Waals surface area contributed by atoms with Gasteiger partial charge < -0.3 is 28.4 Å². The van der Waals surface area contributed by atoms with Crippen LogP contribution in [0.3, 0.4) is 0 Å². The Balaban J connectivity index is 0.000000155. The van der Waals surface area contributed by atoms with Gasteiger partial charge in [0, 0.05) is 66.4 Å². The van der Waals surface area contributed by atoms with E-state index in [9.17, 15) is 10.5 Å². The van der Waals surface area contributed by atoms with Crippen LogP contribution in [-0.4, -0.2) is 13.7 Å². The van der Waals surface area contributed by atoms with Crippen molar-refractivity contribution in [2.24, 2.45) is 0 Å². The Morgan fingerprint density at radius 1 is 0.263 bits per heavy atom. The highest BCUT2D eigenvalue weighted by atomic mass is 15.2. The molecule has 9 heteroatoms. The summed E-state index contributed by atoms with van der Waals surface area (Å²) in [6.45, 7) is 15.8. The van der Waals surface area contributed by atoms with E-state index in [1.54, 1.807) is 0 Å². The van der Waals surface area contributed by atoms with Gasteiger partial charge in [0.1, 0.15) is 12.1 Å². The summed E-state index contributed by atoms with van der Waals surface area (Å²) in [7, 11) is 0. The molecule has 0 aliphatic carbocycles. The fourth-order valence-electron chi connectivity index (χ4n) is 15.0. The van der Waals surface area contributed by atoms with Crippen LogP contribution in [0.1, 0.15) is 27.8 Å². The molecule has 468 valence electrons. The molecule has 17 rings (SSSR count). The minimum atomic E-state index is 0.160. The molecule has 0 atom stereocenters. The van der Waals surface area contributed by atoms with Crippen molar-refractivity contribution in [2.45, 2.75) is 20.8 Å². The third-order valence-corrected chi connectivity index (χ3v) is 19.0. The maximum atomic E-state index is 11.4. The van der Waals surface area contributed by atoms with E-state index >= 15 is 0 Å². The normalized spacial score (nSPS) is 11.2. The Bertz CT molecular complexity index is 5140. The summed E-state index contributed by atoms with van der Waals surface area (Å²) in [5, 5.41) is 30.3. The second kappa shape index (κ2) is 25.6. The van der Waals surface area contributed by atoms with Crippen LogP contribution in [0.25, 0.3) is 87.3 Å². The second-order valence-corrected chi connectivity index (χ2v) is 24.5. The quantitative estimate of drug-likeness (QED) is 0.114. The number of hydrogen-bond donors (Lipinski definition) is 0. The van der Waals surface area contributed by atoms with E-state index in [4.69, 9.17) is 6.57 Å². The summed E-state index contributed by atoms with van der Waals surface area (Å²) in [6, 6.07) is 116. The van der Waals surface area contributed by atoms with Gasteiger partial charge in [-0.2, -0.15) is 10.5 Å². The molecule has 3 aromatic heterocycles. The molecule has 0 spiro atoms. The largest absolute Gasteiger partial charge is 0.319 e. The highest BCUT2D eigenvalue weighted by Crippen LogP contribution is 2.57. The number of anilines is 9. The Hall–Kier alpha value is -13.7. The summed E-state index contributed by atoms with van der Waals surface area (Å²) < 4.78 is 7.55. The van der Waals surface area contributed by atoms with Gasteiger partial charge in [-0.15, -0.1) is 0 Å². The van der Waals surface area contributed by atoms with Crippen molar-refractivity contribution >= 4 is 122 Å². The minimum Gasteiger partial charge on any atom is -0.319 e. The fraction of sp³-hybridized carbons (Fsp3) is 0.0333. The average Bonchev–Trinajstić information content (AvgIpc) is 1.63. The summed E-state index contributed by atoms with van der Waals surface area (Å²) >= 11 is 0. The third kappa shape index (κ3) is 10.1. The van der Waals surface area contributed by atoms with Crippen molar-refractivity contribution in [2.75, 3.05) is 14.7 Å². The first kappa shape index (κ1) is 60.3. The van der Waals surface area contributed by atoms with Crippen molar-refractivity contribution < 1.29 is 0 Å². The van der Waals surface area contributed by atoms with Crippen molar-refractivity contribution in [3.8, 4) is 29.2 Å². The maximum Gasteiger partial charge on any atom is 0.236 e. The first-order chi connectivity index (χ1) is 48.9. The van der Waals surface area contributed by atoms with Crippen LogP contribution in [0, 0.1) is 50.0 Å². The maximum absolute atomic E-state index is 11.4. The molecule has 0 fully saturated rings. The number of nitrogens with zero attached hydrogens (tertiary/aromatic N) is 9. The van der Waals surface area contributed by atoms with Gasteiger partial charge in [-0.3, -0.25) is 0 Å². The lowest BCUT2D eigenvalue weighted by Gasteiger charge is -2.36. The van der Waals surface area contributed by atoms with Crippen LogP contribution in [0.4, 0.5) is 56.9 Å². The van der Waals surface area contributed by atoms with Crippen molar-refractivity contribution in [3.05, 3.63) is 367 Å². The van der Waals surface area contributed by atoms with E-state index in [1.165, 1.54) is 99.2 Å². The summed E-state index contributed by atoms with van der Waals surface area (Å²) in [5.74, 6) is 0. The molecule has 9 nitrogen and oxygen atoms in total. The van der Waals surface area contributed by atoms with Crippen LogP contribution in [0.15, 0.2) is 328 Å². The first-order valence-electron chi connectivity index (χ1n) is 33.1. The molecule has 0 saturated heterocycles. The van der Waals surface area contributed by atoms with Gasteiger partial charge in [0.15, 0.2) is 0 Å². The minimum absolute atomic E-state index is 0.160. The molecular formula is C90H63N9. The lowest BCUT2D eigenvalue weighted by molar-refractivity contribution is 1.02. The molecule has 0 radical (unpaired) electrons. The smallest absolute Gasteiger partial charge is 0.236 e. The van der Waals surface area contributed by atoms with Crippen LogP contribution in [0.5, 0.6) is 0 Å². The number of rotatable bonds is 12. The van der Waals surface area contributed by atoms with Crippen LogP contribution in [0.2, 0.25) is 0 Å². The number of hydrogen-bond acceptors (Lipinski definition) is 5. The van der Waals surface area contributed by atoms with Crippen molar-refractivity contribution in [1.82, 2.24) is 13.7 Å². The van der Waals surface area contributed by atoms with E-state index in [2.05, 4.69) is 197 Å². The molecule has 0 bridgehead atoms. The molecule has 0 unspecified atom stereocenters. The second-order valence-electron chi connectivity index (χ2n) is 24.5. The molecule has 0 aliphatic heterocycles. The summed E-state index contributed by atoms with van der Waals surface area (Å²) in [4.78, 5) is 10.1. The highest BCUT2D eigenvalue weighted by molar-refractivity contribution is 6.14. The van der Waals surface area contributed by atoms with Crippen molar-refractivity contribution in [1.29, 1.82) is 10.5 Å². The van der Waals surface area contributed by atoms with Gasteiger partial charge in [-0.1, -0.05) is 218 Å². The number of nitriles is 2. The monoisotopic (exact) mass is 1270 g/mol. The van der Waals surface area contributed by atoms with E-state index in [0.717, 1.165) is 34.1 Å². The zero-order valence-electron chi connectivity index (χ0n) is 54.7. The van der Waals surface area contributed by atoms with Crippen molar-refractivity contribution in [3.63, 3.8) is 0 Å². The molecular weight excluding hydrogens is 1210 g/mol. The molecule has 3 heterocycles. The Morgan fingerprint density at radius 2 is 0.444 bits per heavy atom. The predicted octanol–water partition coefficient (Wildman–Crippen LogP) is 24.3. The summed E-state index contributed by atoms with van der Waals surface area (Å²) in [6.07, 6.45) is 0. The number of fused-ring (bicyclic) bond motifs is 9. The SMILES string of the molecule is Cc1c(-n2c3ccccc3c3ccccc32)c(C)c(-n2c3ccccc3c3ccccc32)c(C)c1-n1c2ccccc2c2ccccc21.[C-]#[N+]c1c(N(c2ccccc2)c2ccccc2)c(C#N)c(N(c2ccccc2)c2ccccc2)c(C#N)c1N(c1ccccc1)c1ccccc1. The van der Waals surface area contributed by atoms with Crippen LogP contribution >= 0.6 is 0 Å². The number of aromatic nitrogens is 3. The first-order valence-corrected chi connectivity index (χ1v) is 33.1. The van der Waals surface area contributed by atoms with Crippen LogP contribution < -0.4 is 14.7 Å². The Labute approximate surface area is 574 Å². The number of benzene rings is 14. The zero-order valence-corrected chi connectivity index (χ0v) is 54.7.